The molecule has 1 aliphatic heterocycles. The highest BCUT2D eigenvalue weighted by molar-refractivity contribution is 6.42. The van der Waals surface area contributed by atoms with Gasteiger partial charge in [0.2, 0.25) is 5.91 Å². The van der Waals surface area contributed by atoms with Crippen LogP contribution in [0.5, 0.6) is 5.75 Å². The number of aliphatic hydroxyl groups is 1. The number of alkyl halides is 3. The molecule has 5 aliphatic rings. The molecule has 4 aliphatic carbocycles. The van der Waals surface area contributed by atoms with Gasteiger partial charge in [0.15, 0.2) is 6.61 Å². The van der Waals surface area contributed by atoms with Crippen molar-refractivity contribution < 1.29 is 37.3 Å². The van der Waals surface area contributed by atoms with Gasteiger partial charge >= 0.3 is 6.36 Å². The molecule has 45 heavy (non-hydrogen) atoms. The molecule has 1 aromatic carbocycles. The van der Waals surface area contributed by atoms with Crippen LogP contribution in [0.3, 0.4) is 0 Å². The minimum Gasteiger partial charge on any atom is -0.484 e. The van der Waals surface area contributed by atoms with E-state index in [0.717, 1.165) is 44.9 Å². The van der Waals surface area contributed by atoms with Crippen molar-refractivity contribution in [1.29, 1.82) is 0 Å². The first-order valence-corrected chi connectivity index (χ1v) is 17.0. The lowest BCUT2D eigenvalue weighted by molar-refractivity contribution is -0.352. The van der Waals surface area contributed by atoms with Crippen molar-refractivity contribution in [2.24, 2.45) is 11.3 Å². The van der Waals surface area contributed by atoms with E-state index in [4.69, 9.17) is 27.9 Å². The number of ether oxygens (including phenoxy) is 2. The second kappa shape index (κ2) is 14.1. The Bertz CT molecular complexity index is 1200. The summed E-state index contributed by atoms with van der Waals surface area (Å²) in [5, 5.41) is 21.1. The van der Waals surface area contributed by atoms with E-state index in [9.17, 15) is 27.9 Å². The summed E-state index contributed by atoms with van der Waals surface area (Å²) in [7, 11) is 0. The second-order valence-electron chi connectivity index (χ2n) is 13.6. The average molecular weight is 679 g/mol. The van der Waals surface area contributed by atoms with Gasteiger partial charge in [0, 0.05) is 18.2 Å². The molecule has 6 rings (SSSR count). The van der Waals surface area contributed by atoms with Crippen LogP contribution in [0, 0.1) is 11.3 Å². The Morgan fingerprint density at radius 1 is 0.911 bits per heavy atom. The van der Waals surface area contributed by atoms with Gasteiger partial charge in [-0.05, 0) is 68.9 Å². The van der Waals surface area contributed by atoms with Crippen LogP contribution in [-0.4, -0.2) is 59.8 Å². The fraction of sp³-hybridized carbons (Fsp3) is 0.750. The highest BCUT2D eigenvalue weighted by Gasteiger charge is 2.57. The van der Waals surface area contributed by atoms with Crippen LogP contribution in [0.4, 0.5) is 13.2 Å². The molecule has 1 saturated heterocycles. The standard InChI is InChI=1S/C32H44Cl2F3N3O5/c33-23-9-8-21(16-24(23)34)44-20-26(42)39-31-14-12-30(13-15-31,17-25(31)41)40-28(43)22-19-38-27(45-32(35,36)37)18-29(22)10-6-4-2-1-3-5-7-11-29/h8-9,16,22,25,27,38,41H,1-7,10-15,17-20H2,(H,39,42)(H,40,43)/t22?,25-,27?,30?,31?/m0/s1. The Labute approximate surface area is 272 Å². The Hall–Kier alpha value is -1.79. The highest BCUT2D eigenvalue weighted by atomic mass is 35.5. The number of benzene rings is 1. The normalized spacial score (nSPS) is 32.1. The first kappa shape index (κ1) is 34.5. The van der Waals surface area contributed by atoms with Crippen LogP contribution in [0.15, 0.2) is 18.2 Å². The van der Waals surface area contributed by atoms with Gasteiger partial charge in [-0.1, -0.05) is 68.1 Å². The molecular weight excluding hydrogens is 634 g/mol. The van der Waals surface area contributed by atoms with E-state index in [1.54, 1.807) is 12.1 Å². The van der Waals surface area contributed by atoms with E-state index in [0.29, 0.717) is 54.3 Å². The lowest BCUT2D eigenvalue weighted by Gasteiger charge is -2.57. The number of nitrogens with one attached hydrogen (secondary N) is 3. The zero-order valence-corrected chi connectivity index (χ0v) is 27.0. The van der Waals surface area contributed by atoms with Gasteiger partial charge in [-0.25, -0.2) is 0 Å². The predicted octanol–water partition coefficient (Wildman–Crippen LogP) is 6.40. The van der Waals surface area contributed by atoms with E-state index in [1.807, 2.05) is 0 Å². The maximum atomic E-state index is 14.1. The molecule has 8 nitrogen and oxygen atoms in total. The van der Waals surface area contributed by atoms with Crippen LogP contribution in [0.2, 0.25) is 10.0 Å². The molecular formula is C32H44Cl2F3N3O5. The lowest BCUT2D eigenvalue weighted by Crippen LogP contribution is -2.71. The third-order valence-electron chi connectivity index (χ3n) is 10.7. The van der Waals surface area contributed by atoms with Gasteiger partial charge in [-0.2, -0.15) is 0 Å². The summed E-state index contributed by atoms with van der Waals surface area (Å²) >= 11 is 12.0. The molecule has 0 radical (unpaired) electrons. The summed E-state index contributed by atoms with van der Waals surface area (Å²) < 4.78 is 49.6. The van der Waals surface area contributed by atoms with Gasteiger partial charge < -0.3 is 20.5 Å². The summed E-state index contributed by atoms with van der Waals surface area (Å²) in [6, 6.07) is 4.72. The summed E-state index contributed by atoms with van der Waals surface area (Å²) in [6.45, 7) is -0.159. The van der Waals surface area contributed by atoms with Crippen molar-refractivity contribution in [1.82, 2.24) is 16.0 Å². The Morgan fingerprint density at radius 2 is 1.56 bits per heavy atom. The molecule has 5 fully saturated rings. The van der Waals surface area contributed by atoms with E-state index >= 15 is 0 Å². The molecule has 0 aromatic heterocycles. The zero-order chi connectivity index (χ0) is 32.3. The molecule has 4 saturated carbocycles. The monoisotopic (exact) mass is 677 g/mol. The number of halogens is 5. The summed E-state index contributed by atoms with van der Waals surface area (Å²) in [6.07, 6.45) is 4.08. The maximum Gasteiger partial charge on any atom is 0.524 e. The molecule has 13 heteroatoms. The van der Waals surface area contributed by atoms with Crippen molar-refractivity contribution in [3.05, 3.63) is 28.2 Å². The fourth-order valence-corrected chi connectivity index (χ4v) is 8.51. The number of hydrogen-bond acceptors (Lipinski definition) is 6. The largest absolute Gasteiger partial charge is 0.524 e. The molecule has 1 heterocycles. The van der Waals surface area contributed by atoms with Crippen molar-refractivity contribution >= 4 is 35.0 Å². The van der Waals surface area contributed by atoms with E-state index in [1.165, 1.54) is 6.07 Å². The summed E-state index contributed by atoms with van der Waals surface area (Å²) in [5.41, 5.74) is -2.07. The van der Waals surface area contributed by atoms with E-state index in [-0.39, 0.29) is 37.8 Å². The first-order chi connectivity index (χ1) is 21.3. The highest BCUT2D eigenvalue weighted by Crippen LogP contribution is 2.50. The number of amides is 2. The summed E-state index contributed by atoms with van der Waals surface area (Å²) in [5.74, 6) is -0.664. The van der Waals surface area contributed by atoms with E-state index in [2.05, 4.69) is 20.7 Å². The van der Waals surface area contributed by atoms with Gasteiger partial charge in [0.1, 0.15) is 12.0 Å². The predicted molar refractivity (Wildman–Crippen MR) is 164 cm³/mol. The Balaban J connectivity index is 1.23. The smallest absolute Gasteiger partial charge is 0.484 e. The van der Waals surface area contributed by atoms with Crippen molar-refractivity contribution in [3.63, 3.8) is 0 Å². The summed E-state index contributed by atoms with van der Waals surface area (Å²) in [4.78, 5) is 26.9. The van der Waals surface area contributed by atoms with Gasteiger partial charge in [0.05, 0.1) is 27.6 Å². The number of carbonyl (C=O) groups is 2. The Morgan fingerprint density at radius 3 is 2.16 bits per heavy atom. The van der Waals surface area contributed by atoms with Crippen LogP contribution < -0.4 is 20.7 Å². The molecule has 4 N–H and O–H groups in total. The molecule has 252 valence electrons. The number of aliphatic hydroxyl groups excluding tert-OH is 1. The lowest BCUT2D eigenvalue weighted by atomic mass is 9.59. The topological polar surface area (TPSA) is 109 Å². The number of rotatable bonds is 7. The van der Waals surface area contributed by atoms with Gasteiger partial charge in [-0.15, -0.1) is 13.2 Å². The van der Waals surface area contributed by atoms with E-state index < -0.39 is 41.1 Å². The second-order valence-corrected chi connectivity index (χ2v) is 14.4. The van der Waals surface area contributed by atoms with Crippen LogP contribution in [0.1, 0.15) is 96.3 Å². The first-order valence-electron chi connectivity index (χ1n) is 16.2. The molecule has 2 amide bonds. The van der Waals surface area contributed by atoms with Crippen LogP contribution in [0.25, 0.3) is 0 Å². The maximum absolute atomic E-state index is 14.1. The molecule has 1 spiro atoms. The third kappa shape index (κ3) is 8.39. The quantitative estimate of drug-likeness (QED) is 0.266. The fourth-order valence-electron chi connectivity index (χ4n) is 8.22. The molecule has 3 atom stereocenters. The molecule has 1 aromatic rings. The van der Waals surface area contributed by atoms with Crippen LogP contribution in [-0.2, 0) is 14.3 Å². The average Bonchev–Trinajstić information content (AvgIpc) is 2.97. The van der Waals surface area contributed by atoms with Crippen molar-refractivity contribution in [3.8, 4) is 5.75 Å². The van der Waals surface area contributed by atoms with Crippen molar-refractivity contribution in [2.45, 2.75) is 126 Å². The van der Waals surface area contributed by atoms with Gasteiger partial charge in [0.25, 0.3) is 5.91 Å². The number of carbonyl (C=O) groups excluding carboxylic acids is 2. The van der Waals surface area contributed by atoms with Gasteiger partial charge in [-0.3, -0.25) is 19.6 Å². The van der Waals surface area contributed by atoms with Crippen LogP contribution >= 0.6 is 23.2 Å². The number of piperidine rings is 1. The van der Waals surface area contributed by atoms with Crippen molar-refractivity contribution in [2.75, 3.05) is 13.2 Å². The zero-order valence-electron chi connectivity index (χ0n) is 25.5. The molecule has 2 bridgehead atoms. The number of hydrogen-bond donors (Lipinski definition) is 4. The SMILES string of the molecule is O=C(COc1ccc(Cl)c(Cl)c1)NC12CCC(NC(=O)C3CNC(OC(F)(F)F)CC34CCCCCCCCC4)(CC1)C[C@@H]2O. The minimum atomic E-state index is -4.76. The minimum absolute atomic E-state index is 0.101. The number of fused-ring (bicyclic) bond motifs is 3. The Kier molecular flexibility index (Phi) is 10.9. The third-order valence-corrected chi connectivity index (χ3v) is 11.4. The molecule has 2 unspecified atom stereocenters.